The van der Waals surface area contributed by atoms with E-state index in [1.165, 1.54) is 0 Å². The van der Waals surface area contributed by atoms with E-state index in [1.54, 1.807) is 6.08 Å². The summed E-state index contributed by atoms with van der Waals surface area (Å²) in [6, 6.07) is 9.23. The van der Waals surface area contributed by atoms with Crippen LogP contribution in [0.2, 0.25) is 0 Å². The smallest absolute Gasteiger partial charge is 0.237 e. The second-order valence-corrected chi connectivity index (χ2v) is 4.26. The van der Waals surface area contributed by atoms with Gasteiger partial charge in [-0.1, -0.05) is 43.3 Å². The molecule has 0 heterocycles. The minimum atomic E-state index is -0.543. The number of nitrogens with two attached hydrogens (primary N) is 1. The molecular weight excluding hydrogens is 212 g/mol. The van der Waals surface area contributed by atoms with E-state index in [0.29, 0.717) is 0 Å². The molecule has 1 amide bonds. The van der Waals surface area contributed by atoms with Crippen LogP contribution in [0.1, 0.15) is 25.5 Å². The number of rotatable bonds is 5. The molecule has 0 saturated heterocycles. The molecule has 1 aromatic carbocycles. The summed E-state index contributed by atoms with van der Waals surface area (Å²) in [6.07, 6.45) is 1.69. The van der Waals surface area contributed by atoms with Crippen LogP contribution < -0.4 is 11.1 Å². The number of hydrogen-bond donors (Lipinski definition) is 2. The van der Waals surface area contributed by atoms with Crippen molar-refractivity contribution < 1.29 is 4.79 Å². The zero-order valence-corrected chi connectivity index (χ0v) is 10.4. The molecule has 92 valence electrons. The molecular formula is C14H20N2O. The molecule has 17 heavy (non-hydrogen) atoms. The van der Waals surface area contributed by atoms with E-state index in [4.69, 9.17) is 5.73 Å². The fourth-order valence-electron chi connectivity index (χ4n) is 1.52. The molecule has 0 saturated carbocycles. The Morgan fingerprint density at radius 1 is 1.35 bits per heavy atom. The van der Waals surface area contributed by atoms with Gasteiger partial charge in [0.2, 0.25) is 5.91 Å². The van der Waals surface area contributed by atoms with Crippen LogP contribution in [0.4, 0.5) is 0 Å². The van der Waals surface area contributed by atoms with Gasteiger partial charge in [0.1, 0.15) is 0 Å². The molecule has 1 rings (SSSR count). The molecule has 0 aromatic heterocycles. The molecule has 0 radical (unpaired) electrons. The van der Waals surface area contributed by atoms with Gasteiger partial charge in [0, 0.05) is 0 Å². The summed E-state index contributed by atoms with van der Waals surface area (Å²) in [5.41, 5.74) is 6.88. The lowest BCUT2D eigenvalue weighted by Gasteiger charge is -2.20. The molecule has 0 aliphatic heterocycles. The molecule has 0 fully saturated rings. The van der Waals surface area contributed by atoms with Crippen LogP contribution in [0.5, 0.6) is 0 Å². The quantitative estimate of drug-likeness (QED) is 0.763. The van der Waals surface area contributed by atoms with Gasteiger partial charge in [-0.05, 0) is 18.4 Å². The summed E-state index contributed by atoms with van der Waals surface area (Å²) in [5.74, 6) is -0.174. The van der Waals surface area contributed by atoms with Gasteiger partial charge >= 0.3 is 0 Å². The van der Waals surface area contributed by atoms with Crippen molar-refractivity contribution in [1.82, 2.24) is 5.32 Å². The van der Waals surface area contributed by atoms with Crippen molar-refractivity contribution in [2.24, 2.45) is 11.7 Å². The first-order chi connectivity index (χ1) is 8.06. The summed E-state index contributed by atoms with van der Waals surface area (Å²) in [6.45, 7) is 7.46. The van der Waals surface area contributed by atoms with Crippen LogP contribution in [-0.2, 0) is 4.79 Å². The fraction of sp³-hybridized carbons (Fsp3) is 0.357. The minimum absolute atomic E-state index is 0.0297. The predicted molar refractivity (Wildman–Crippen MR) is 70.3 cm³/mol. The average molecular weight is 232 g/mol. The zero-order chi connectivity index (χ0) is 12.8. The lowest BCUT2D eigenvalue weighted by Crippen LogP contribution is -2.44. The minimum Gasteiger partial charge on any atom is -0.348 e. The first kappa shape index (κ1) is 13.5. The van der Waals surface area contributed by atoms with E-state index >= 15 is 0 Å². The maximum absolute atomic E-state index is 11.8. The second kappa shape index (κ2) is 6.21. The van der Waals surface area contributed by atoms with Crippen LogP contribution in [-0.4, -0.2) is 11.9 Å². The lowest BCUT2D eigenvalue weighted by atomic mass is 10.0. The third-order valence-corrected chi connectivity index (χ3v) is 2.90. The Morgan fingerprint density at radius 3 is 2.47 bits per heavy atom. The number of benzene rings is 1. The van der Waals surface area contributed by atoms with Gasteiger partial charge in [-0.25, -0.2) is 0 Å². The van der Waals surface area contributed by atoms with E-state index in [9.17, 15) is 4.79 Å². The third kappa shape index (κ3) is 3.71. The summed E-state index contributed by atoms with van der Waals surface area (Å²) in [4.78, 5) is 11.8. The van der Waals surface area contributed by atoms with Gasteiger partial charge in [0.15, 0.2) is 0 Å². The van der Waals surface area contributed by atoms with E-state index in [1.807, 2.05) is 44.2 Å². The van der Waals surface area contributed by atoms with Gasteiger partial charge < -0.3 is 11.1 Å². The Bertz CT molecular complexity index is 375. The standard InChI is InChI=1S/C14H20N2O/c1-4-10(2)13(15)14(17)16-11(3)12-8-6-5-7-9-12/h4-11,13H,1,15H2,2-3H3,(H,16,17)/t10-,11-,13+/m0/s1. The molecule has 1 aromatic rings. The number of carbonyl (C=O) groups excluding carboxylic acids is 1. The Labute approximate surface area is 103 Å². The molecule has 0 spiro atoms. The Balaban J connectivity index is 2.60. The highest BCUT2D eigenvalue weighted by Gasteiger charge is 2.20. The van der Waals surface area contributed by atoms with Gasteiger partial charge in [-0.3, -0.25) is 4.79 Å². The van der Waals surface area contributed by atoms with Crippen LogP contribution in [0.3, 0.4) is 0 Å². The Hall–Kier alpha value is -1.61. The summed E-state index contributed by atoms with van der Waals surface area (Å²) < 4.78 is 0. The first-order valence-corrected chi connectivity index (χ1v) is 5.79. The van der Waals surface area contributed by atoms with Crippen molar-refractivity contribution in [3.05, 3.63) is 48.6 Å². The van der Waals surface area contributed by atoms with E-state index in [0.717, 1.165) is 5.56 Å². The number of carbonyl (C=O) groups is 1. The van der Waals surface area contributed by atoms with Crippen molar-refractivity contribution in [2.75, 3.05) is 0 Å². The van der Waals surface area contributed by atoms with E-state index < -0.39 is 6.04 Å². The van der Waals surface area contributed by atoms with Crippen molar-refractivity contribution in [2.45, 2.75) is 25.9 Å². The lowest BCUT2D eigenvalue weighted by molar-refractivity contribution is -0.123. The van der Waals surface area contributed by atoms with Crippen LogP contribution in [0, 0.1) is 5.92 Å². The maximum atomic E-state index is 11.8. The molecule has 3 nitrogen and oxygen atoms in total. The summed E-state index contributed by atoms with van der Waals surface area (Å²) in [7, 11) is 0. The molecule has 3 N–H and O–H groups in total. The van der Waals surface area contributed by atoms with E-state index in [2.05, 4.69) is 11.9 Å². The summed E-state index contributed by atoms with van der Waals surface area (Å²) in [5, 5.41) is 2.90. The van der Waals surface area contributed by atoms with Crippen LogP contribution >= 0.6 is 0 Å². The molecule has 0 bridgehead atoms. The van der Waals surface area contributed by atoms with Crippen molar-refractivity contribution in [3.63, 3.8) is 0 Å². The van der Waals surface area contributed by atoms with Gasteiger partial charge in [0.25, 0.3) is 0 Å². The fourth-order valence-corrected chi connectivity index (χ4v) is 1.52. The average Bonchev–Trinajstić information content (AvgIpc) is 2.37. The molecule has 0 unspecified atom stereocenters. The van der Waals surface area contributed by atoms with E-state index in [-0.39, 0.29) is 17.9 Å². The van der Waals surface area contributed by atoms with Crippen LogP contribution in [0.25, 0.3) is 0 Å². The highest BCUT2D eigenvalue weighted by molar-refractivity contribution is 5.82. The third-order valence-electron chi connectivity index (χ3n) is 2.90. The Kier molecular flexibility index (Phi) is 4.91. The van der Waals surface area contributed by atoms with Crippen LogP contribution in [0.15, 0.2) is 43.0 Å². The highest BCUT2D eigenvalue weighted by Crippen LogP contribution is 2.12. The first-order valence-electron chi connectivity index (χ1n) is 5.79. The number of hydrogen-bond acceptors (Lipinski definition) is 2. The predicted octanol–water partition coefficient (Wildman–Crippen LogP) is 2.01. The molecule has 0 aliphatic carbocycles. The SMILES string of the molecule is C=C[C@H](C)[C@@H](N)C(=O)N[C@@H](C)c1ccccc1. The zero-order valence-electron chi connectivity index (χ0n) is 10.4. The molecule has 3 atom stereocenters. The van der Waals surface area contributed by atoms with Gasteiger partial charge in [-0.2, -0.15) is 0 Å². The monoisotopic (exact) mass is 232 g/mol. The van der Waals surface area contributed by atoms with Gasteiger partial charge in [-0.15, -0.1) is 6.58 Å². The van der Waals surface area contributed by atoms with Crippen molar-refractivity contribution in [1.29, 1.82) is 0 Å². The number of nitrogens with one attached hydrogen (secondary N) is 1. The van der Waals surface area contributed by atoms with Crippen molar-refractivity contribution in [3.8, 4) is 0 Å². The normalized spacial score (nSPS) is 15.7. The second-order valence-electron chi connectivity index (χ2n) is 4.26. The molecule has 0 aliphatic rings. The maximum Gasteiger partial charge on any atom is 0.237 e. The number of amides is 1. The Morgan fingerprint density at radius 2 is 1.94 bits per heavy atom. The van der Waals surface area contributed by atoms with Crippen molar-refractivity contribution >= 4 is 5.91 Å². The topological polar surface area (TPSA) is 55.1 Å². The van der Waals surface area contributed by atoms with Gasteiger partial charge in [0.05, 0.1) is 12.1 Å². The highest BCUT2D eigenvalue weighted by atomic mass is 16.2. The summed E-state index contributed by atoms with van der Waals surface area (Å²) >= 11 is 0. The molecule has 3 heteroatoms. The largest absolute Gasteiger partial charge is 0.348 e.